The Kier molecular flexibility index (Phi) is 5.79. The zero-order valence-electron chi connectivity index (χ0n) is 15.1. The summed E-state index contributed by atoms with van der Waals surface area (Å²) in [4.78, 5) is 24.9. The standard InChI is InChI=1S/C22H18F2N2O2/c1-14-7-2-3-8-15(14)13-25-21(27)16-9-4-5-12-19(16)26-22(28)20-17(23)10-6-11-18(20)24/h2-12H,13H2,1H3,(H,25,27)(H,26,28). The molecule has 0 aromatic heterocycles. The van der Waals surface area contributed by atoms with E-state index in [9.17, 15) is 18.4 Å². The number of hydrogen-bond acceptors (Lipinski definition) is 2. The van der Waals surface area contributed by atoms with Crippen molar-refractivity contribution in [3.05, 3.63) is 101 Å². The minimum absolute atomic E-state index is 0.164. The number of amides is 2. The Morgan fingerprint density at radius 3 is 2.18 bits per heavy atom. The molecule has 2 N–H and O–H groups in total. The molecule has 0 bridgehead atoms. The molecule has 142 valence electrons. The zero-order chi connectivity index (χ0) is 20.1. The van der Waals surface area contributed by atoms with Crippen molar-refractivity contribution in [3.8, 4) is 0 Å². The number of para-hydroxylation sites is 1. The van der Waals surface area contributed by atoms with Crippen LogP contribution in [0.25, 0.3) is 0 Å². The van der Waals surface area contributed by atoms with E-state index in [0.717, 1.165) is 23.3 Å². The van der Waals surface area contributed by atoms with E-state index in [4.69, 9.17) is 0 Å². The van der Waals surface area contributed by atoms with Crippen molar-refractivity contribution in [1.82, 2.24) is 5.32 Å². The minimum Gasteiger partial charge on any atom is -0.348 e. The van der Waals surface area contributed by atoms with E-state index in [-0.39, 0.29) is 11.3 Å². The van der Waals surface area contributed by atoms with E-state index >= 15 is 0 Å². The van der Waals surface area contributed by atoms with Crippen LogP contribution in [-0.2, 0) is 6.54 Å². The second-order valence-corrected chi connectivity index (χ2v) is 6.21. The maximum absolute atomic E-state index is 13.8. The molecule has 0 aliphatic rings. The molecule has 0 spiro atoms. The van der Waals surface area contributed by atoms with Crippen LogP contribution in [0.1, 0.15) is 31.8 Å². The normalized spacial score (nSPS) is 10.4. The predicted molar refractivity (Wildman–Crippen MR) is 103 cm³/mol. The van der Waals surface area contributed by atoms with E-state index < -0.39 is 29.0 Å². The molecular formula is C22H18F2N2O2. The van der Waals surface area contributed by atoms with Crippen molar-refractivity contribution >= 4 is 17.5 Å². The second-order valence-electron chi connectivity index (χ2n) is 6.21. The third-order valence-electron chi connectivity index (χ3n) is 4.31. The first-order chi connectivity index (χ1) is 13.5. The molecule has 3 aromatic rings. The summed E-state index contributed by atoms with van der Waals surface area (Å²) in [6.45, 7) is 2.26. The van der Waals surface area contributed by atoms with Gasteiger partial charge < -0.3 is 10.6 Å². The van der Waals surface area contributed by atoms with Gasteiger partial charge in [-0.1, -0.05) is 42.5 Å². The molecule has 6 heteroatoms. The molecule has 0 radical (unpaired) electrons. The Morgan fingerprint density at radius 2 is 1.46 bits per heavy atom. The third kappa shape index (κ3) is 4.23. The van der Waals surface area contributed by atoms with Crippen LogP contribution in [0.4, 0.5) is 14.5 Å². The van der Waals surface area contributed by atoms with Crippen LogP contribution in [0.3, 0.4) is 0 Å². The van der Waals surface area contributed by atoms with Gasteiger partial charge in [0.15, 0.2) is 0 Å². The van der Waals surface area contributed by atoms with E-state index in [1.807, 2.05) is 31.2 Å². The van der Waals surface area contributed by atoms with Gasteiger partial charge in [0.1, 0.15) is 17.2 Å². The van der Waals surface area contributed by atoms with Crippen LogP contribution >= 0.6 is 0 Å². The molecule has 2 amide bonds. The van der Waals surface area contributed by atoms with Gasteiger partial charge in [0, 0.05) is 6.54 Å². The summed E-state index contributed by atoms with van der Waals surface area (Å²) in [5.41, 5.74) is 1.67. The molecule has 3 aromatic carbocycles. The first-order valence-corrected chi connectivity index (χ1v) is 8.64. The largest absolute Gasteiger partial charge is 0.348 e. The third-order valence-corrected chi connectivity index (χ3v) is 4.31. The highest BCUT2D eigenvalue weighted by Crippen LogP contribution is 2.19. The molecule has 3 rings (SSSR count). The molecule has 28 heavy (non-hydrogen) atoms. The van der Waals surface area contributed by atoms with Gasteiger partial charge in [0.05, 0.1) is 11.3 Å². The minimum atomic E-state index is -0.973. The van der Waals surface area contributed by atoms with E-state index in [1.165, 1.54) is 18.2 Å². The van der Waals surface area contributed by atoms with Gasteiger partial charge in [-0.2, -0.15) is 0 Å². The van der Waals surface area contributed by atoms with Gasteiger partial charge in [0.2, 0.25) is 0 Å². The summed E-state index contributed by atoms with van der Waals surface area (Å²) in [5.74, 6) is -3.32. The molecule has 0 atom stereocenters. The van der Waals surface area contributed by atoms with Gasteiger partial charge in [0.25, 0.3) is 11.8 Å². The first kappa shape index (κ1) is 19.2. The SMILES string of the molecule is Cc1ccccc1CNC(=O)c1ccccc1NC(=O)c1c(F)cccc1F. The lowest BCUT2D eigenvalue weighted by Crippen LogP contribution is -2.25. The molecular weight excluding hydrogens is 362 g/mol. The zero-order valence-corrected chi connectivity index (χ0v) is 15.1. The number of rotatable bonds is 5. The molecule has 0 saturated heterocycles. The summed E-state index contributed by atoms with van der Waals surface area (Å²) < 4.78 is 27.7. The van der Waals surface area contributed by atoms with Gasteiger partial charge >= 0.3 is 0 Å². The predicted octanol–water partition coefficient (Wildman–Crippen LogP) is 4.46. The highest BCUT2D eigenvalue weighted by atomic mass is 19.1. The van der Waals surface area contributed by atoms with Crippen molar-refractivity contribution in [1.29, 1.82) is 0 Å². The van der Waals surface area contributed by atoms with Gasteiger partial charge in [-0.25, -0.2) is 8.78 Å². The number of nitrogens with one attached hydrogen (secondary N) is 2. The highest BCUT2D eigenvalue weighted by molar-refractivity contribution is 6.09. The number of anilines is 1. The topological polar surface area (TPSA) is 58.2 Å². The number of benzene rings is 3. The molecule has 0 aliphatic carbocycles. The maximum Gasteiger partial charge on any atom is 0.261 e. The number of carbonyl (C=O) groups excluding carboxylic acids is 2. The van der Waals surface area contributed by atoms with Crippen LogP contribution in [0.5, 0.6) is 0 Å². The summed E-state index contributed by atoms with van der Waals surface area (Å²) in [5, 5.41) is 5.21. The average molecular weight is 380 g/mol. The van der Waals surface area contributed by atoms with Gasteiger partial charge in [-0.05, 0) is 42.3 Å². The van der Waals surface area contributed by atoms with Crippen molar-refractivity contribution in [3.63, 3.8) is 0 Å². The lowest BCUT2D eigenvalue weighted by Gasteiger charge is -2.13. The molecule has 0 heterocycles. The van der Waals surface area contributed by atoms with Crippen molar-refractivity contribution in [2.24, 2.45) is 0 Å². The Labute approximate surface area is 161 Å². The fraction of sp³-hybridized carbons (Fsp3) is 0.0909. The lowest BCUT2D eigenvalue weighted by molar-refractivity contribution is 0.0951. The van der Waals surface area contributed by atoms with Crippen molar-refractivity contribution in [2.45, 2.75) is 13.5 Å². The monoisotopic (exact) mass is 380 g/mol. The molecule has 0 unspecified atom stereocenters. The number of halogens is 2. The second kappa shape index (κ2) is 8.43. The fourth-order valence-corrected chi connectivity index (χ4v) is 2.77. The van der Waals surface area contributed by atoms with E-state index in [0.29, 0.717) is 6.54 Å². The smallest absolute Gasteiger partial charge is 0.261 e. The van der Waals surface area contributed by atoms with Crippen LogP contribution in [0, 0.1) is 18.6 Å². The van der Waals surface area contributed by atoms with Crippen molar-refractivity contribution < 1.29 is 18.4 Å². The maximum atomic E-state index is 13.8. The quantitative estimate of drug-likeness (QED) is 0.687. The first-order valence-electron chi connectivity index (χ1n) is 8.64. The summed E-state index contributed by atoms with van der Waals surface area (Å²) in [6.07, 6.45) is 0. The Morgan fingerprint density at radius 1 is 0.821 bits per heavy atom. The Bertz CT molecular complexity index is 1010. The highest BCUT2D eigenvalue weighted by Gasteiger charge is 2.19. The fourth-order valence-electron chi connectivity index (χ4n) is 2.77. The number of carbonyl (C=O) groups is 2. The molecule has 0 aliphatic heterocycles. The van der Waals surface area contributed by atoms with Gasteiger partial charge in [-0.15, -0.1) is 0 Å². The summed E-state index contributed by atoms with van der Waals surface area (Å²) in [7, 11) is 0. The Balaban J connectivity index is 1.78. The number of hydrogen-bond donors (Lipinski definition) is 2. The van der Waals surface area contributed by atoms with Crippen LogP contribution in [0.2, 0.25) is 0 Å². The van der Waals surface area contributed by atoms with Crippen LogP contribution < -0.4 is 10.6 Å². The van der Waals surface area contributed by atoms with Gasteiger partial charge in [-0.3, -0.25) is 9.59 Å². The summed E-state index contributed by atoms with van der Waals surface area (Å²) >= 11 is 0. The van der Waals surface area contributed by atoms with E-state index in [2.05, 4.69) is 10.6 Å². The van der Waals surface area contributed by atoms with Crippen molar-refractivity contribution in [2.75, 3.05) is 5.32 Å². The van der Waals surface area contributed by atoms with Crippen LogP contribution in [0.15, 0.2) is 66.7 Å². The molecule has 0 fully saturated rings. The number of aryl methyl sites for hydroxylation is 1. The summed E-state index contributed by atoms with van der Waals surface area (Å²) in [6, 6.07) is 17.1. The van der Waals surface area contributed by atoms with E-state index in [1.54, 1.807) is 12.1 Å². The molecule has 4 nitrogen and oxygen atoms in total. The Hall–Kier alpha value is -3.54. The molecule has 0 saturated carbocycles. The lowest BCUT2D eigenvalue weighted by atomic mass is 10.1. The van der Waals surface area contributed by atoms with Crippen LogP contribution in [-0.4, -0.2) is 11.8 Å². The average Bonchev–Trinajstić information content (AvgIpc) is 2.67.